The third-order valence-corrected chi connectivity index (χ3v) is 3.78. The molecule has 0 aliphatic carbocycles. The number of halogens is 1. The number of nitrogens with one attached hydrogen (secondary N) is 1. The van der Waals surface area contributed by atoms with Crippen LogP contribution in [0.25, 0.3) is 0 Å². The topological polar surface area (TPSA) is 38.3 Å². The minimum Gasteiger partial charge on any atom is -0.378 e. The Kier molecular flexibility index (Phi) is 5.76. The first-order valence-corrected chi connectivity index (χ1v) is 7.14. The monoisotopic (exact) mass is 291 g/mol. The van der Waals surface area contributed by atoms with E-state index in [4.69, 9.17) is 4.74 Å². The fourth-order valence-corrected chi connectivity index (χ4v) is 2.54. The molecule has 4 heteroatoms. The minimum absolute atomic E-state index is 0.0358. The molecule has 0 bridgehead atoms. The molecule has 1 rings (SSSR count). The third kappa shape index (κ3) is 4.06. The quantitative estimate of drug-likeness (QED) is 0.790. The summed E-state index contributed by atoms with van der Waals surface area (Å²) in [4.78, 5) is 12.0. The normalized spacial score (nSPS) is 27.1. The highest BCUT2D eigenvalue weighted by Gasteiger charge is 2.31. The van der Waals surface area contributed by atoms with Gasteiger partial charge in [0.05, 0.1) is 12.0 Å². The van der Waals surface area contributed by atoms with Crippen molar-refractivity contribution in [2.24, 2.45) is 11.8 Å². The van der Waals surface area contributed by atoms with Crippen molar-refractivity contribution in [3.05, 3.63) is 0 Å². The molecule has 1 amide bonds. The number of carbonyl (C=O) groups is 1. The van der Waals surface area contributed by atoms with E-state index in [1.54, 1.807) is 0 Å². The van der Waals surface area contributed by atoms with E-state index in [1.807, 2.05) is 6.92 Å². The molecule has 16 heavy (non-hydrogen) atoms. The SMILES string of the molecule is CC(C)CC(CBr)NC(=O)C1CCOC1C. The molecule has 1 N–H and O–H groups in total. The Balaban J connectivity index is 2.42. The molecule has 0 aromatic heterocycles. The highest BCUT2D eigenvalue weighted by atomic mass is 79.9. The summed E-state index contributed by atoms with van der Waals surface area (Å²) in [5, 5.41) is 3.92. The molecule has 0 radical (unpaired) electrons. The molecule has 0 aromatic rings. The van der Waals surface area contributed by atoms with Crippen molar-refractivity contribution >= 4 is 21.8 Å². The average Bonchev–Trinajstić information content (AvgIpc) is 2.62. The summed E-state index contributed by atoms with van der Waals surface area (Å²) in [6.45, 7) is 7.03. The number of hydrogen-bond acceptors (Lipinski definition) is 2. The number of alkyl halides is 1. The van der Waals surface area contributed by atoms with Crippen LogP contribution < -0.4 is 5.32 Å². The third-order valence-electron chi connectivity index (χ3n) is 3.00. The molecule has 3 nitrogen and oxygen atoms in total. The van der Waals surface area contributed by atoms with Gasteiger partial charge in [0.1, 0.15) is 0 Å². The van der Waals surface area contributed by atoms with Crippen molar-refractivity contribution in [3.63, 3.8) is 0 Å². The standard InChI is InChI=1S/C12H22BrNO2/c1-8(2)6-10(7-13)14-12(15)11-4-5-16-9(11)3/h8-11H,4-7H2,1-3H3,(H,14,15). The van der Waals surface area contributed by atoms with E-state index in [2.05, 4.69) is 35.1 Å². The van der Waals surface area contributed by atoms with E-state index in [9.17, 15) is 4.79 Å². The van der Waals surface area contributed by atoms with Crippen molar-refractivity contribution in [2.45, 2.75) is 45.8 Å². The highest BCUT2D eigenvalue weighted by Crippen LogP contribution is 2.21. The first-order valence-electron chi connectivity index (χ1n) is 6.02. The molecule has 3 unspecified atom stereocenters. The predicted octanol–water partition coefficient (Wildman–Crippen LogP) is 2.34. The second-order valence-electron chi connectivity index (χ2n) is 4.96. The van der Waals surface area contributed by atoms with Crippen LogP contribution >= 0.6 is 15.9 Å². The number of rotatable bonds is 5. The number of amides is 1. The maximum atomic E-state index is 12.0. The summed E-state index contributed by atoms with van der Waals surface area (Å²) in [5.74, 6) is 0.781. The van der Waals surface area contributed by atoms with E-state index in [0.29, 0.717) is 12.5 Å². The number of carbonyl (C=O) groups excluding carboxylic acids is 1. The molecule has 1 aliphatic rings. The zero-order chi connectivity index (χ0) is 12.1. The molecular formula is C12H22BrNO2. The van der Waals surface area contributed by atoms with Crippen molar-refractivity contribution in [1.29, 1.82) is 0 Å². The summed E-state index contributed by atoms with van der Waals surface area (Å²) < 4.78 is 5.41. The molecule has 94 valence electrons. The van der Waals surface area contributed by atoms with Gasteiger partial charge in [0.25, 0.3) is 0 Å². The van der Waals surface area contributed by atoms with Crippen LogP contribution in [-0.2, 0) is 9.53 Å². The Hall–Kier alpha value is -0.0900. The summed E-state index contributed by atoms with van der Waals surface area (Å²) in [5.41, 5.74) is 0. The molecule has 1 saturated heterocycles. The van der Waals surface area contributed by atoms with Crippen LogP contribution in [0.3, 0.4) is 0 Å². The van der Waals surface area contributed by atoms with Gasteiger partial charge in [-0.2, -0.15) is 0 Å². The zero-order valence-corrected chi connectivity index (χ0v) is 11.9. The Morgan fingerprint density at radius 3 is 2.69 bits per heavy atom. The van der Waals surface area contributed by atoms with Crippen LogP contribution in [-0.4, -0.2) is 30.0 Å². The van der Waals surface area contributed by atoms with E-state index >= 15 is 0 Å². The maximum Gasteiger partial charge on any atom is 0.226 e. The summed E-state index contributed by atoms with van der Waals surface area (Å²) in [7, 11) is 0. The molecular weight excluding hydrogens is 270 g/mol. The molecule has 0 saturated carbocycles. The molecule has 0 aromatic carbocycles. The van der Waals surface area contributed by atoms with Gasteiger partial charge >= 0.3 is 0 Å². The Morgan fingerprint density at radius 1 is 1.56 bits per heavy atom. The summed E-state index contributed by atoms with van der Waals surface area (Å²) in [6, 6.07) is 0.236. The van der Waals surface area contributed by atoms with E-state index in [1.165, 1.54) is 0 Å². The van der Waals surface area contributed by atoms with Crippen molar-refractivity contribution in [2.75, 3.05) is 11.9 Å². The maximum absolute atomic E-state index is 12.0. The first-order chi connectivity index (χ1) is 7.54. The van der Waals surface area contributed by atoms with Crippen LogP contribution in [0.4, 0.5) is 0 Å². The van der Waals surface area contributed by atoms with Gasteiger partial charge in [-0.3, -0.25) is 4.79 Å². The van der Waals surface area contributed by atoms with Crippen LogP contribution in [0.15, 0.2) is 0 Å². The van der Waals surface area contributed by atoms with Gasteiger partial charge in [-0.25, -0.2) is 0 Å². The lowest BCUT2D eigenvalue weighted by Crippen LogP contribution is -2.42. The van der Waals surface area contributed by atoms with Gasteiger partial charge in [0.15, 0.2) is 0 Å². The van der Waals surface area contributed by atoms with Gasteiger partial charge in [-0.05, 0) is 25.7 Å². The molecule has 1 heterocycles. The molecule has 1 aliphatic heterocycles. The second kappa shape index (κ2) is 6.60. The summed E-state index contributed by atoms with van der Waals surface area (Å²) in [6.07, 6.45) is 1.93. The van der Waals surface area contributed by atoms with Gasteiger partial charge < -0.3 is 10.1 Å². The number of ether oxygens (including phenoxy) is 1. The van der Waals surface area contributed by atoms with Gasteiger partial charge in [-0.15, -0.1) is 0 Å². The van der Waals surface area contributed by atoms with Crippen LogP contribution in [0.1, 0.15) is 33.6 Å². The molecule has 3 atom stereocenters. The van der Waals surface area contributed by atoms with Crippen molar-refractivity contribution in [3.8, 4) is 0 Å². The van der Waals surface area contributed by atoms with E-state index in [-0.39, 0.29) is 24.0 Å². The fourth-order valence-electron chi connectivity index (χ4n) is 2.11. The fraction of sp³-hybridized carbons (Fsp3) is 0.917. The van der Waals surface area contributed by atoms with Crippen molar-refractivity contribution < 1.29 is 9.53 Å². The Morgan fingerprint density at radius 2 is 2.25 bits per heavy atom. The lowest BCUT2D eigenvalue weighted by atomic mass is 10.00. The zero-order valence-electron chi connectivity index (χ0n) is 10.3. The lowest BCUT2D eigenvalue weighted by molar-refractivity contribution is -0.127. The Labute approximate surface area is 106 Å². The van der Waals surface area contributed by atoms with Crippen molar-refractivity contribution in [1.82, 2.24) is 5.32 Å². The second-order valence-corrected chi connectivity index (χ2v) is 5.61. The average molecular weight is 292 g/mol. The van der Waals surface area contributed by atoms with Gasteiger partial charge in [0.2, 0.25) is 5.91 Å². The smallest absolute Gasteiger partial charge is 0.226 e. The minimum atomic E-state index is 0.0358. The van der Waals surface area contributed by atoms with E-state index in [0.717, 1.165) is 18.2 Å². The van der Waals surface area contributed by atoms with Crippen LogP contribution in [0.2, 0.25) is 0 Å². The van der Waals surface area contributed by atoms with Crippen LogP contribution in [0, 0.1) is 11.8 Å². The van der Waals surface area contributed by atoms with Gasteiger partial charge in [0, 0.05) is 18.0 Å². The van der Waals surface area contributed by atoms with E-state index < -0.39 is 0 Å². The van der Waals surface area contributed by atoms with Crippen LogP contribution in [0.5, 0.6) is 0 Å². The Bertz CT molecular complexity index is 233. The predicted molar refractivity (Wildman–Crippen MR) is 68.7 cm³/mol. The first kappa shape index (κ1) is 14.0. The highest BCUT2D eigenvalue weighted by molar-refractivity contribution is 9.09. The molecule has 0 spiro atoms. The lowest BCUT2D eigenvalue weighted by Gasteiger charge is -2.21. The van der Waals surface area contributed by atoms with Gasteiger partial charge in [-0.1, -0.05) is 29.8 Å². The molecule has 1 fully saturated rings. The largest absolute Gasteiger partial charge is 0.378 e. The summed E-state index contributed by atoms with van der Waals surface area (Å²) >= 11 is 3.45. The number of hydrogen-bond donors (Lipinski definition) is 1.